The van der Waals surface area contributed by atoms with E-state index in [-0.39, 0.29) is 18.6 Å². The van der Waals surface area contributed by atoms with E-state index in [1.807, 2.05) is 6.92 Å². The Balaban J connectivity index is 4.52. The fourth-order valence-electron chi connectivity index (χ4n) is 1.43. The highest BCUT2D eigenvalue weighted by Crippen LogP contribution is 2.17. The molecule has 0 bridgehead atoms. The van der Waals surface area contributed by atoms with Crippen molar-refractivity contribution in [3.05, 3.63) is 11.6 Å². The van der Waals surface area contributed by atoms with Crippen LogP contribution >= 0.6 is 22.6 Å². The molecule has 5 nitrogen and oxygen atoms in total. The molecular weight excluding hydrogens is 359 g/mol. The van der Waals surface area contributed by atoms with Crippen LogP contribution in [-0.4, -0.2) is 39.8 Å². The topological polar surface area (TPSA) is 98.6 Å². The minimum atomic E-state index is -0.674. The average Bonchev–Trinajstić information content (AvgIpc) is 2.33. The molecule has 0 amide bonds. The third-order valence-corrected chi connectivity index (χ3v) is 4.13. The first-order valence-electron chi connectivity index (χ1n) is 6.35. The predicted octanol–water partition coefficient (Wildman–Crippen LogP) is 0.971. The molecule has 0 aromatic carbocycles. The zero-order chi connectivity index (χ0) is 15.2. The summed E-state index contributed by atoms with van der Waals surface area (Å²) in [6.45, 7) is 7.28. The molecular formula is C13H25IN2O3. The van der Waals surface area contributed by atoms with Crippen molar-refractivity contribution >= 4 is 28.6 Å². The fourth-order valence-corrected chi connectivity index (χ4v) is 1.91. The number of hydrogen-bond donors (Lipinski definition) is 3. The minimum Gasteiger partial charge on any atom is -0.460 e. The Hall–Kier alpha value is -0.180. The first-order chi connectivity index (χ1) is 8.66. The molecule has 0 aliphatic heterocycles. The Morgan fingerprint density at radius 3 is 2.32 bits per heavy atom. The molecule has 0 fully saturated rings. The van der Waals surface area contributed by atoms with Crippen LogP contribution in [-0.2, 0) is 9.53 Å². The number of nitrogens with two attached hydrogens (primary N) is 2. The Morgan fingerprint density at radius 1 is 1.37 bits per heavy atom. The number of rotatable bonds is 7. The van der Waals surface area contributed by atoms with E-state index < -0.39 is 18.1 Å². The molecule has 19 heavy (non-hydrogen) atoms. The summed E-state index contributed by atoms with van der Waals surface area (Å²) in [5, 5.41) is 9.04. The molecule has 0 heterocycles. The van der Waals surface area contributed by atoms with Crippen LogP contribution in [0.3, 0.4) is 0 Å². The summed E-state index contributed by atoms with van der Waals surface area (Å²) in [6, 6.07) is -0.613. The maximum atomic E-state index is 11.6. The van der Waals surface area contributed by atoms with Crippen molar-refractivity contribution in [1.82, 2.24) is 0 Å². The SMILES string of the molecule is CC(=CC(N)C(N)C(C)C(C)I)C(=O)OCC(C)O. The lowest BCUT2D eigenvalue weighted by Crippen LogP contribution is -2.47. The van der Waals surface area contributed by atoms with Crippen LogP contribution in [0, 0.1) is 5.92 Å². The first-order valence-corrected chi connectivity index (χ1v) is 7.60. The summed E-state index contributed by atoms with van der Waals surface area (Å²) < 4.78 is 5.30. The second-order valence-electron chi connectivity index (χ2n) is 4.99. The molecule has 0 radical (unpaired) electrons. The van der Waals surface area contributed by atoms with Gasteiger partial charge in [-0.15, -0.1) is 0 Å². The highest BCUT2D eigenvalue weighted by atomic mass is 127. The van der Waals surface area contributed by atoms with Gasteiger partial charge >= 0.3 is 5.97 Å². The zero-order valence-corrected chi connectivity index (χ0v) is 14.1. The van der Waals surface area contributed by atoms with E-state index in [4.69, 9.17) is 21.3 Å². The summed E-state index contributed by atoms with van der Waals surface area (Å²) in [5.41, 5.74) is 12.5. The molecule has 0 aliphatic rings. The van der Waals surface area contributed by atoms with Crippen molar-refractivity contribution in [2.75, 3.05) is 6.61 Å². The Bertz CT molecular complexity index is 319. The first kappa shape index (κ1) is 18.8. The number of alkyl halides is 1. The van der Waals surface area contributed by atoms with Gasteiger partial charge in [0.05, 0.1) is 6.10 Å². The van der Waals surface area contributed by atoms with E-state index in [0.717, 1.165) is 0 Å². The lowest BCUT2D eigenvalue weighted by atomic mass is 9.93. The van der Waals surface area contributed by atoms with Crippen LogP contribution in [0.4, 0.5) is 0 Å². The maximum Gasteiger partial charge on any atom is 0.333 e. The van der Waals surface area contributed by atoms with Gasteiger partial charge in [-0.3, -0.25) is 0 Å². The van der Waals surface area contributed by atoms with Gasteiger partial charge in [0.1, 0.15) is 6.61 Å². The van der Waals surface area contributed by atoms with Gasteiger partial charge in [0, 0.05) is 21.6 Å². The second-order valence-corrected chi connectivity index (χ2v) is 6.95. The molecule has 0 aromatic heterocycles. The Labute approximate surface area is 128 Å². The number of hydrogen-bond acceptors (Lipinski definition) is 5. The largest absolute Gasteiger partial charge is 0.460 e. The molecule has 0 aliphatic carbocycles. The summed E-state index contributed by atoms with van der Waals surface area (Å²) >= 11 is 2.31. The van der Waals surface area contributed by atoms with Gasteiger partial charge in [-0.2, -0.15) is 0 Å². The van der Waals surface area contributed by atoms with Crippen molar-refractivity contribution in [1.29, 1.82) is 0 Å². The molecule has 5 N–H and O–H groups in total. The molecule has 0 saturated heterocycles. The molecule has 5 unspecified atom stereocenters. The highest BCUT2D eigenvalue weighted by molar-refractivity contribution is 14.1. The number of carbonyl (C=O) groups excluding carboxylic acids is 1. The molecule has 112 valence electrons. The number of aliphatic hydroxyl groups is 1. The number of aliphatic hydroxyl groups excluding tert-OH is 1. The van der Waals surface area contributed by atoms with E-state index in [1.165, 1.54) is 0 Å². The van der Waals surface area contributed by atoms with E-state index >= 15 is 0 Å². The number of carbonyl (C=O) groups is 1. The highest BCUT2D eigenvalue weighted by Gasteiger charge is 2.23. The molecule has 5 atom stereocenters. The second kappa shape index (κ2) is 8.89. The molecule has 0 saturated carbocycles. The van der Waals surface area contributed by atoms with Gasteiger partial charge in [-0.25, -0.2) is 4.79 Å². The van der Waals surface area contributed by atoms with Gasteiger partial charge in [0.15, 0.2) is 0 Å². The number of ether oxygens (including phenoxy) is 1. The van der Waals surface area contributed by atoms with Crippen molar-refractivity contribution in [3.63, 3.8) is 0 Å². The predicted molar refractivity (Wildman–Crippen MR) is 85.0 cm³/mol. The van der Waals surface area contributed by atoms with E-state index in [2.05, 4.69) is 29.5 Å². The van der Waals surface area contributed by atoms with Gasteiger partial charge in [-0.1, -0.05) is 42.5 Å². The van der Waals surface area contributed by atoms with Crippen LogP contribution in [0.5, 0.6) is 0 Å². The quantitative estimate of drug-likeness (QED) is 0.263. The monoisotopic (exact) mass is 384 g/mol. The van der Waals surface area contributed by atoms with Crippen LogP contribution in [0.15, 0.2) is 11.6 Å². The summed E-state index contributed by atoms with van der Waals surface area (Å²) in [7, 11) is 0. The van der Waals surface area contributed by atoms with Crippen molar-refractivity contribution < 1.29 is 14.6 Å². The Morgan fingerprint density at radius 2 is 1.89 bits per heavy atom. The van der Waals surface area contributed by atoms with Crippen LogP contribution in [0.25, 0.3) is 0 Å². The summed E-state index contributed by atoms with van der Waals surface area (Å²) in [5.74, 6) is -0.230. The van der Waals surface area contributed by atoms with Gasteiger partial charge in [0.2, 0.25) is 0 Å². The van der Waals surface area contributed by atoms with E-state index in [0.29, 0.717) is 9.50 Å². The van der Waals surface area contributed by atoms with E-state index in [9.17, 15) is 4.79 Å². The summed E-state index contributed by atoms with van der Waals surface area (Å²) in [4.78, 5) is 11.6. The number of halogens is 1. The Kier molecular flexibility index (Phi) is 8.80. The van der Waals surface area contributed by atoms with E-state index in [1.54, 1.807) is 19.9 Å². The van der Waals surface area contributed by atoms with Crippen LogP contribution in [0.1, 0.15) is 27.7 Å². The third-order valence-electron chi connectivity index (χ3n) is 3.00. The lowest BCUT2D eigenvalue weighted by Gasteiger charge is -2.26. The van der Waals surface area contributed by atoms with Crippen molar-refractivity contribution in [2.24, 2.45) is 17.4 Å². The van der Waals surface area contributed by atoms with Crippen LogP contribution in [0.2, 0.25) is 0 Å². The zero-order valence-electron chi connectivity index (χ0n) is 12.0. The standard InChI is InChI=1S/C13H25IN2O3/c1-7(13(18)19-6-8(2)17)5-11(15)12(16)9(3)10(4)14/h5,8-12,17H,6,15-16H2,1-4H3. The van der Waals surface area contributed by atoms with Crippen molar-refractivity contribution in [3.8, 4) is 0 Å². The maximum absolute atomic E-state index is 11.6. The molecule has 6 heteroatoms. The minimum absolute atomic E-state index is 0.0213. The molecule has 0 rings (SSSR count). The molecule has 0 spiro atoms. The fraction of sp³-hybridized carbons (Fsp3) is 0.769. The normalized spacial score (nSPS) is 20.3. The smallest absolute Gasteiger partial charge is 0.333 e. The average molecular weight is 384 g/mol. The number of esters is 1. The lowest BCUT2D eigenvalue weighted by molar-refractivity contribution is -0.141. The van der Waals surface area contributed by atoms with Crippen molar-refractivity contribution in [2.45, 2.75) is 49.8 Å². The van der Waals surface area contributed by atoms with Crippen LogP contribution < -0.4 is 11.5 Å². The third kappa shape index (κ3) is 7.24. The summed E-state index contributed by atoms with van der Waals surface area (Å²) in [6.07, 6.45) is 0.956. The van der Waals surface area contributed by atoms with Gasteiger partial charge in [0.25, 0.3) is 0 Å². The molecule has 0 aromatic rings. The van der Waals surface area contributed by atoms with Gasteiger partial charge in [-0.05, 0) is 19.8 Å². The van der Waals surface area contributed by atoms with Gasteiger partial charge < -0.3 is 21.3 Å².